The van der Waals surface area contributed by atoms with E-state index in [0.717, 1.165) is 13.1 Å². The number of likely N-dealkylation sites (tertiary alicyclic amines) is 1. The van der Waals surface area contributed by atoms with E-state index in [9.17, 15) is 9.90 Å². The summed E-state index contributed by atoms with van der Waals surface area (Å²) in [5.41, 5.74) is 1.17. The second-order valence-electron chi connectivity index (χ2n) is 4.52. The Bertz CT molecular complexity index is 380. The number of nitrogens with zero attached hydrogens (tertiary/aromatic N) is 1. The zero-order valence-corrected chi connectivity index (χ0v) is 9.62. The highest BCUT2D eigenvalue weighted by Crippen LogP contribution is 2.19. The Morgan fingerprint density at radius 1 is 1.35 bits per heavy atom. The number of piperidine rings is 1. The SMILES string of the molecule is O=C(O)[C@H]1CN(Cc2ccccc2)CC[C@H]1O. The van der Waals surface area contributed by atoms with Crippen molar-refractivity contribution in [1.82, 2.24) is 4.90 Å². The molecular formula is C13H17NO3. The van der Waals surface area contributed by atoms with Gasteiger partial charge in [-0.25, -0.2) is 0 Å². The second kappa shape index (κ2) is 5.29. The van der Waals surface area contributed by atoms with Crippen molar-refractivity contribution in [3.8, 4) is 0 Å². The largest absolute Gasteiger partial charge is 0.481 e. The van der Waals surface area contributed by atoms with Crippen molar-refractivity contribution in [2.45, 2.75) is 19.1 Å². The predicted molar refractivity (Wildman–Crippen MR) is 63.5 cm³/mol. The highest BCUT2D eigenvalue weighted by molar-refractivity contribution is 5.71. The average molecular weight is 235 g/mol. The number of carboxylic acid groups (broad SMARTS) is 1. The van der Waals surface area contributed by atoms with Crippen LogP contribution in [-0.4, -0.2) is 40.3 Å². The molecular weight excluding hydrogens is 218 g/mol. The molecule has 17 heavy (non-hydrogen) atoms. The van der Waals surface area contributed by atoms with E-state index >= 15 is 0 Å². The number of carboxylic acids is 1. The molecule has 1 aromatic rings. The fraction of sp³-hybridized carbons (Fsp3) is 0.462. The molecule has 1 aliphatic heterocycles. The van der Waals surface area contributed by atoms with Gasteiger partial charge in [-0.2, -0.15) is 0 Å². The fourth-order valence-electron chi connectivity index (χ4n) is 2.24. The number of aliphatic carboxylic acids is 1. The molecule has 1 fully saturated rings. The van der Waals surface area contributed by atoms with Crippen molar-refractivity contribution < 1.29 is 15.0 Å². The molecule has 4 heteroatoms. The number of hydrogen-bond acceptors (Lipinski definition) is 3. The van der Waals surface area contributed by atoms with Gasteiger partial charge in [0.2, 0.25) is 0 Å². The molecule has 92 valence electrons. The minimum absolute atomic E-state index is 0.422. The van der Waals surface area contributed by atoms with Crippen molar-refractivity contribution in [3.05, 3.63) is 35.9 Å². The molecule has 0 bridgehead atoms. The van der Waals surface area contributed by atoms with Crippen molar-refractivity contribution >= 4 is 5.97 Å². The van der Waals surface area contributed by atoms with Gasteiger partial charge in [-0.3, -0.25) is 9.69 Å². The van der Waals surface area contributed by atoms with Crippen molar-refractivity contribution in [2.24, 2.45) is 5.92 Å². The van der Waals surface area contributed by atoms with Crippen LogP contribution in [0.3, 0.4) is 0 Å². The van der Waals surface area contributed by atoms with E-state index < -0.39 is 18.0 Å². The second-order valence-corrected chi connectivity index (χ2v) is 4.52. The molecule has 0 saturated carbocycles. The lowest BCUT2D eigenvalue weighted by molar-refractivity contribution is -0.149. The number of rotatable bonds is 3. The van der Waals surface area contributed by atoms with E-state index in [1.165, 1.54) is 5.56 Å². The Morgan fingerprint density at radius 2 is 2.06 bits per heavy atom. The lowest BCUT2D eigenvalue weighted by atomic mass is 9.94. The number of hydrogen-bond donors (Lipinski definition) is 2. The monoisotopic (exact) mass is 235 g/mol. The van der Waals surface area contributed by atoms with Crippen LogP contribution in [0.15, 0.2) is 30.3 Å². The van der Waals surface area contributed by atoms with Gasteiger partial charge in [0.1, 0.15) is 0 Å². The summed E-state index contributed by atoms with van der Waals surface area (Å²) in [7, 11) is 0. The van der Waals surface area contributed by atoms with E-state index in [4.69, 9.17) is 5.11 Å². The topological polar surface area (TPSA) is 60.8 Å². The molecule has 0 unspecified atom stereocenters. The van der Waals surface area contributed by atoms with Crippen LogP contribution in [0, 0.1) is 5.92 Å². The van der Waals surface area contributed by atoms with Crippen molar-refractivity contribution in [1.29, 1.82) is 0 Å². The zero-order valence-electron chi connectivity index (χ0n) is 9.62. The number of aliphatic hydroxyl groups excluding tert-OH is 1. The Balaban J connectivity index is 1.97. The molecule has 0 amide bonds. The molecule has 0 radical (unpaired) electrons. The van der Waals surface area contributed by atoms with Crippen LogP contribution in [0.25, 0.3) is 0 Å². The third kappa shape index (κ3) is 3.05. The molecule has 0 spiro atoms. The molecule has 1 aliphatic rings. The molecule has 2 rings (SSSR count). The normalized spacial score (nSPS) is 25.7. The van der Waals surface area contributed by atoms with Crippen LogP contribution in [0.1, 0.15) is 12.0 Å². The molecule has 2 N–H and O–H groups in total. The summed E-state index contributed by atoms with van der Waals surface area (Å²) < 4.78 is 0. The fourth-order valence-corrected chi connectivity index (χ4v) is 2.24. The van der Waals surface area contributed by atoms with Crippen LogP contribution < -0.4 is 0 Å². The highest BCUT2D eigenvalue weighted by atomic mass is 16.4. The van der Waals surface area contributed by atoms with Gasteiger partial charge in [0, 0.05) is 19.6 Å². The van der Waals surface area contributed by atoms with E-state index in [1.807, 2.05) is 30.3 Å². The Hall–Kier alpha value is -1.39. The predicted octanol–water partition coefficient (Wildman–Crippen LogP) is 0.954. The highest BCUT2D eigenvalue weighted by Gasteiger charge is 2.32. The molecule has 0 aromatic heterocycles. The van der Waals surface area contributed by atoms with E-state index in [1.54, 1.807) is 0 Å². The van der Waals surface area contributed by atoms with Gasteiger partial charge in [0.05, 0.1) is 12.0 Å². The summed E-state index contributed by atoms with van der Waals surface area (Å²) in [6.07, 6.45) is -0.177. The van der Waals surface area contributed by atoms with E-state index in [0.29, 0.717) is 13.0 Å². The summed E-state index contributed by atoms with van der Waals surface area (Å²) in [6.45, 7) is 1.92. The minimum atomic E-state index is -0.907. The first-order valence-electron chi connectivity index (χ1n) is 5.84. The van der Waals surface area contributed by atoms with Crippen molar-refractivity contribution in [3.63, 3.8) is 0 Å². The van der Waals surface area contributed by atoms with Gasteiger partial charge < -0.3 is 10.2 Å². The van der Waals surface area contributed by atoms with Crippen molar-refractivity contribution in [2.75, 3.05) is 13.1 Å². The molecule has 1 aromatic carbocycles. The third-order valence-corrected chi connectivity index (χ3v) is 3.23. The van der Waals surface area contributed by atoms with Crippen LogP contribution in [-0.2, 0) is 11.3 Å². The summed E-state index contributed by atoms with van der Waals surface area (Å²) >= 11 is 0. The lowest BCUT2D eigenvalue weighted by Gasteiger charge is -2.33. The zero-order chi connectivity index (χ0) is 12.3. The van der Waals surface area contributed by atoms with Gasteiger partial charge >= 0.3 is 5.97 Å². The summed E-state index contributed by atoms with van der Waals surface area (Å²) in [6, 6.07) is 9.97. The van der Waals surface area contributed by atoms with Crippen LogP contribution in [0.5, 0.6) is 0 Å². The van der Waals surface area contributed by atoms with Crippen LogP contribution in [0.2, 0.25) is 0 Å². The average Bonchev–Trinajstić information content (AvgIpc) is 2.32. The first-order valence-corrected chi connectivity index (χ1v) is 5.84. The number of aliphatic hydroxyl groups is 1. The van der Waals surface area contributed by atoms with Gasteiger partial charge in [-0.1, -0.05) is 30.3 Å². The maximum Gasteiger partial charge on any atom is 0.310 e. The first-order chi connectivity index (χ1) is 8.16. The Morgan fingerprint density at radius 3 is 2.71 bits per heavy atom. The molecule has 4 nitrogen and oxygen atoms in total. The van der Waals surface area contributed by atoms with E-state index in [-0.39, 0.29) is 0 Å². The maximum atomic E-state index is 11.0. The summed E-state index contributed by atoms with van der Waals surface area (Å²) in [4.78, 5) is 13.1. The standard InChI is InChI=1S/C13H17NO3/c15-12-6-7-14(9-11(12)13(16)17)8-10-4-2-1-3-5-10/h1-5,11-12,15H,6-9H2,(H,16,17)/t11-,12+/m0/s1. The molecule has 0 aliphatic carbocycles. The molecule has 1 saturated heterocycles. The van der Waals surface area contributed by atoms with Gasteiger partial charge in [0.15, 0.2) is 0 Å². The van der Waals surface area contributed by atoms with Gasteiger partial charge in [-0.05, 0) is 12.0 Å². The third-order valence-electron chi connectivity index (χ3n) is 3.23. The Labute approximate surface area is 100 Å². The quantitative estimate of drug-likeness (QED) is 0.819. The smallest absolute Gasteiger partial charge is 0.310 e. The van der Waals surface area contributed by atoms with E-state index in [2.05, 4.69) is 4.90 Å². The Kier molecular flexibility index (Phi) is 3.76. The summed E-state index contributed by atoms with van der Waals surface area (Å²) in [5.74, 6) is -1.57. The minimum Gasteiger partial charge on any atom is -0.481 e. The lowest BCUT2D eigenvalue weighted by Crippen LogP contribution is -2.46. The maximum absolute atomic E-state index is 11.0. The van der Waals surface area contributed by atoms with Gasteiger partial charge in [-0.15, -0.1) is 0 Å². The summed E-state index contributed by atoms with van der Waals surface area (Å²) in [5, 5.41) is 18.6. The molecule has 1 heterocycles. The van der Waals surface area contributed by atoms with Gasteiger partial charge in [0.25, 0.3) is 0 Å². The number of carbonyl (C=O) groups is 1. The van der Waals surface area contributed by atoms with Crippen LogP contribution in [0.4, 0.5) is 0 Å². The van der Waals surface area contributed by atoms with Crippen LogP contribution >= 0.6 is 0 Å². The molecule has 2 atom stereocenters. The number of benzene rings is 1. The first kappa shape index (κ1) is 12.1.